The lowest BCUT2D eigenvalue weighted by Gasteiger charge is -2.20. The molecule has 0 saturated carbocycles. The number of nitrogens with one attached hydrogen (secondary N) is 1. The van der Waals surface area contributed by atoms with Gasteiger partial charge in [0, 0.05) is 42.4 Å². The third-order valence-electron chi connectivity index (χ3n) is 6.60. The number of ketones is 1. The maximum Gasteiger partial charge on any atom is 0.231 e. The first kappa shape index (κ1) is 21.7. The van der Waals surface area contributed by atoms with Gasteiger partial charge in [0.25, 0.3) is 0 Å². The van der Waals surface area contributed by atoms with Crippen molar-refractivity contribution in [2.75, 3.05) is 17.3 Å². The van der Waals surface area contributed by atoms with Crippen LogP contribution in [-0.4, -0.2) is 23.3 Å². The number of amides is 1. The van der Waals surface area contributed by atoms with E-state index in [2.05, 4.69) is 16.0 Å². The molecule has 1 N–H and O–H groups in total. The zero-order valence-electron chi connectivity index (χ0n) is 19.4. The molecule has 3 aromatic carbocycles. The monoisotopic (exact) mass is 449 g/mol. The van der Waals surface area contributed by atoms with Gasteiger partial charge in [0.2, 0.25) is 5.91 Å². The Balaban J connectivity index is 1.36. The van der Waals surface area contributed by atoms with Gasteiger partial charge in [-0.1, -0.05) is 42.5 Å². The quantitative estimate of drug-likeness (QED) is 0.415. The number of Topliss-reactive ketones (excluding diaryl/α,β-unsaturated/α-hetero) is 1. The number of carbonyl (C=O) groups is 2. The van der Waals surface area contributed by atoms with E-state index in [0.717, 1.165) is 40.3 Å². The molecule has 1 unspecified atom stereocenters. The van der Waals surface area contributed by atoms with Gasteiger partial charge in [-0.25, -0.2) is 0 Å². The van der Waals surface area contributed by atoms with Gasteiger partial charge in [-0.15, -0.1) is 0 Å². The van der Waals surface area contributed by atoms with Gasteiger partial charge in [0.15, 0.2) is 5.78 Å². The SMILES string of the molecule is Cc1ccccc1CC(=O)N(C)c1ccc(C(=O)C2Nc3ccccc3Cn3cccc32)cc1. The molecule has 0 bridgehead atoms. The summed E-state index contributed by atoms with van der Waals surface area (Å²) in [4.78, 5) is 28.0. The summed E-state index contributed by atoms with van der Waals surface area (Å²) < 4.78 is 2.12. The van der Waals surface area contributed by atoms with Crippen LogP contribution < -0.4 is 10.2 Å². The molecule has 0 fully saturated rings. The lowest BCUT2D eigenvalue weighted by Crippen LogP contribution is -2.28. The number of aryl methyl sites for hydroxylation is 1. The smallest absolute Gasteiger partial charge is 0.231 e. The van der Waals surface area contributed by atoms with Crippen LogP contribution in [0.1, 0.15) is 38.8 Å². The highest BCUT2D eigenvalue weighted by atomic mass is 16.2. The van der Waals surface area contributed by atoms with Crippen molar-refractivity contribution in [2.24, 2.45) is 0 Å². The molecule has 1 aromatic heterocycles. The Morgan fingerprint density at radius 3 is 2.47 bits per heavy atom. The normalized spacial score (nSPS) is 14.4. The van der Waals surface area contributed by atoms with E-state index in [1.54, 1.807) is 24.1 Å². The second-order valence-corrected chi connectivity index (χ2v) is 8.76. The number of likely N-dealkylation sites (N-methyl/N-ethyl adjacent to an activating group) is 1. The van der Waals surface area contributed by atoms with Crippen molar-refractivity contribution in [1.29, 1.82) is 0 Å². The first-order chi connectivity index (χ1) is 16.5. The fourth-order valence-electron chi connectivity index (χ4n) is 4.50. The van der Waals surface area contributed by atoms with Crippen LogP contribution in [0, 0.1) is 6.92 Å². The molecule has 1 atom stereocenters. The number of rotatable bonds is 5. The minimum atomic E-state index is -0.482. The second-order valence-electron chi connectivity index (χ2n) is 8.76. The minimum Gasteiger partial charge on any atom is -0.370 e. The number of fused-ring (bicyclic) bond motifs is 2. The van der Waals surface area contributed by atoms with Crippen molar-refractivity contribution in [3.8, 4) is 0 Å². The fourth-order valence-corrected chi connectivity index (χ4v) is 4.50. The van der Waals surface area contributed by atoms with Crippen LogP contribution in [-0.2, 0) is 17.8 Å². The second kappa shape index (κ2) is 9.02. The Morgan fingerprint density at radius 1 is 0.941 bits per heavy atom. The minimum absolute atomic E-state index is 0.00269. The van der Waals surface area contributed by atoms with Crippen molar-refractivity contribution in [2.45, 2.75) is 25.9 Å². The van der Waals surface area contributed by atoms with Gasteiger partial charge in [0.1, 0.15) is 6.04 Å². The van der Waals surface area contributed by atoms with Crippen molar-refractivity contribution < 1.29 is 9.59 Å². The summed E-state index contributed by atoms with van der Waals surface area (Å²) in [7, 11) is 1.77. The number of hydrogen-bond acceptors (Lipinski definition) is 3. The van der Waals surface area contributed by atoms with Crippen LogP contribution in [0.15, 0.2) is 91.1 Å². The Hall–Kier alpha value is -4.12. The Bertz CT molecular complexity index is 1350. The number of nitrogens with zero attached hydrogens (tertiary/aromatic N) is 2. The van der Waals surface area contributed by atoms with Crippen LogP contribution >= 0.6 is 0 Å². The largest absolute Gasteiger partial charge is 0.370 e. The van der Waals surface area contributed by atoms with E-state index in [9.17, 15) is 9.59 Å². The number of hydrogen-bond donors (Lipinski definition) is 1. The van der Waals surface area contributed by atoms with Crippen LogP contribution in [0.5, 0.6) is 0 Å². The van der Waals surface area contributed by atoms with E-state index >= 15 is 0 Å². The standard InChI is InChI=1S/C29H27N3O2/c1-20-8-3-4-9-22(20)18-27(33)31(2)24-15-13-21(14-16-24)29(34)28-26-12-7-17-32(26)19-23-10-5-6-11-25(23)30-28/h3-17,28,30H,18-19H2,1-2H3. The van der Waals surface area contributed by atoms with Crippen LogP contribution in [0.25, 0.3) is 0 Å². The summed E-state index contributed by atoms with van der Waals surface area (Å²) in [6.07, 6.45) is 2.35. The summed E-state index contributed by atoms with van der Waals surface area (Å²) in [6.45, 7) is 2.74. The molecule has 170 valence electrons. The maximum atomic E-state index is 13.6. The topological polar surface area (TPSA) is 54.3 Å². The van der Waals surface area contributed by atoms with Gasteiger partial charge < -0.3 is 14.8 Å². The van der Waals surface area contributed by atoms with E-state index in [1.165, 1.54) is 0 Å². The van der Waals surface area contributed by atoms with E-state index in [0.29, 0.717) is 12.0 Å². The molecule has 1 aliphatic heterocycles. The van der Waals surface area contributed by atoms with Crippen molar-refractivity contribution in [3.63, 3.8) is 0 Å². The molecule has 5 rings (SSSR count). The van der Waals surface area contributed by atoms with Gasteiger partial charge in [-0.2, -0.15) is 0 Å². The summed E-state index contributed by atoms with van der Waals surface area (Å²) in [5, 5.41) is 3.45. The number of carbonyl (C=O) groups excluding carboxylic acids is 2. The molecule has 0 spiro atoms. The Kier molecular flexibility index (Phi) is 5.76. The Labute approximate surface area is 199 Å². The first-order valence-corrected chi connectivity index (χ1v) is 11.5. The number of para-hydroxylation sites is 1. The summed E-state index contributed by atoms with van der Waals surface area (Å²) >= 11 is 0. The molecule has 1 amide bonds. The molecular formula is C29H27N3O2. The highest BCUT2D eigenvalue weighted by Gasteiger charge is 2.28. The predicted octanol–water partition coefficient (Wildman–Crippen LogP) is 5.40. The molecule has 1 aliphatic rings. The lowest BCUT2D eigenvalue weighted by molar-refractivity contribution is -0.117. The van der Waals surface area contributed by atoms with Crippen LogP contribution in [0.2, 0.25) is 0 Å². The molecule has 0 saturated heterocycles. The molecule has 0 aliphatic carbocycles. The van der Waals surface area contributed by atoms with Crippen molar-refractivity contribution in [1.82, 2.24) is 4.57 Å². The lowest BCUT2D eigenvalue weighted by atomic mass is 10.0. The fraction of sp³-hybridized carbons (Fsp3) is 0.172. The molecule has 0 radical (unpaired) electrons. The molecule has 34 heavy (non-hydrogen) atoms. The molecule has 4 aromatic rings. The summed E-state index contributed by atoms with van der Waals surface area (Å²) in [6, 6.07) is 26.8. The van der Waals surface area contributed by atoms with Gasteiger partial charge in [-0.3, -0.25) is 9.59 Å². The van der Waals surface area contributed by atoms with Gasteiger partial charge in [-0.05, 0) is 66.1 Å². The van der Waals surface area contributed by atoms with Crippen LogP contribution in [0.4, 0.5) is 11.4 Å². The average molecular weight is 450 g/mol. The highest BCUT2D eigenvalue weighted by molar-refractivity contribution is 6.03. The van der Waals surface area contributed by atoms with E-state index in [-0.39, 0.29) is 11.7 Å². The number of anilines is 2. The third kappa shape index (κ3) is 4.13. The number of aromatic nitrogens is 1. The van der Waals surface area contributed by atoms with E-state index in [1.807, 2.05) is 79.9 Å². The molecule has 2 heterocycles. The summed E-state index contributed by atoms with van der Waals surface area (Å²) in [5.41, 5.74) is 6.56. The highest BCUT2D eigenvalue weighted by Crippen LogP contribution is 2.31. The number of benzene rings is 3. The predicted molar refractivity (Wildman–Crippen MR) is 135 cm³/mol. The first-order valence-electron chi connectivity index (χ1n) is 11.5. The molecule has 5 nitrogen and oxygen atoms in total. The molecule has 5 heteroatoms. The van der Waals surface area contributed by atoms with E-state index < -0.39 is 6.04 Å². The van der Waals surface area contributed by atoms with Gasteiger partial charge in [0.05, 0.1) is 6.42 Å². The van der Waals surface area contributed by atoms with Gasteiger partial charge >= 0.3 is 0 Å². The summed E-state index contributed by atoms with van der Waals surface area (Å²) in [5.74, 6) is 0.00494. The van der Waals surface area contributed by atoms with E-state index in [4.69, 9.17) is 0 Å². The van der Waals surface area contributed by atoms with Crippen molar-refractivity contribution >= 4 is 23.1 Å². The maximum absolute atomic E-state index is 13.6. The Morgan fingerprint density at radius 2 is 1.68 bits per heavy atom. The molecular weight excluding hydrogens is 422 g/mol. The zero-order chi connectivity index (χ0) is 23.7. The average Bonchev–Trinajstić information content (AvgIpc) is 3.25. The zero-order valence-corrected chi connectivity index (χ0v) is 19.4. The third-order valence-corrected chi connectivity index (χ3v) is 6.60. The van der Waals surface area contributed by atoms with Crippen LogP contribution in [0.3, 0.4) is 0 Å². The van der Waals surface area contributed by atoms with Crippen molar-refractivity contribution in [3.05, 3.63) is 119 Å².